The van der Waals surface area contributed by atoms with Crippen LogP contribution in [0.3, 0.4) is 0 Å². The Morgan fingerprint density at radius 2 is 1.93 bits per heavy atom. The number of hydrogen-bond donors (Lipinski definition) is 1. The lowest BCUT2D eigenvalue weighted by Crippen LogP contribution is -2.03. The molecule has 0 fully saturated rings. The summed E-state index contributed by atoms with van der Waals surface area (Å²) in [6, 6.07) is 7.92. The first-order valence-corrected chi connectivity index (χ1v) is 5.06. The Morgan fingerprint density at radius 1 is 1.29 bits per heavy atom. The van der Waals surface area contributed by atoms with E-state index in [2.05, 4.69) is 6.92 Å². The largest absolute Gasteiger partial charge is 0.497 e. The van der Waals surface area contributed by atoms with Gasteiger partial charge >= 0.3 is 0 Å². The molecule has 0 saturated carbocycles. The molecule has 78 valence electrons. The predicted molar refractivity (Wildman–Crippen MR) is 57.7 cm³/mol. The Labute approximate surface area is 85.5 Å². The number of benzene rings is 1. The topological polar surface area (TPSA) is 29.5 Å². The zero-order chi connectivity index (χ0) is 10.4. The number of aliphatic hydroxyl groups is 1. The molecule has 0 saturated heterocycles. The molecule has 2 heteroatoms. The highest BCUT2D eigenvalue weighted by molar-refractivity contribution is 5.29. The molecule has 0 heterocycles. The molecular weight excluding hydrogens is 176 g/mol. The molecule has 1 N–H and O–H groups in total. The van der Waals surface area contributed by atoms with E-state index >= 15 is 0 Å². The standard InChI is InChI=1S/C12H18O2/c1-3-4-11(9-13)10-5-7-12(14-2)8-6-10/h5-8,11,13H,3-4,9H2,1-2H3. The summed E-state index contributed by atoms with van der Waals surface area (Å²) in [5.41, 5.74) is 1.19. The number of rotatable bonds is 5. The van der Waals surface area contributed by atoms with Crippen molar-refractivity contribution in [1.82, 2.24) is 0 Å². The first-order valence-electron chi connectivity index (χ1n) is 5.06. The molecule has 0 aliphatic carbocycles. The van der Waals surface area contributed by atoms with Crippen LogP contribution in [0.25, 0.3) is 0 Å². The van der Waals surface area contributed by atoms with E-state index in [9.17, 15) is 5.11 Å². The maximum atomic E-state index is 9.21. The van der Waals surface area contributed by atoms with Crippen LogP contribution in [0.2, 0.25) is 0 Å². The highest BCUT2D eigenvalue weighted by Crippen LogP contribution is 2.22. The van der Waals surface area contributed by atoms with E-state index < -0.39 is 0 Å². The van der Waals surface area contributed by atoms with Crippen molar-refractivity contribution in [3.8, 4) is 5.75 Å². The lowest BCUT2D eigenvalue weighted by molar-refractivity contribution is 0.258. The third kappa shape index (κ3) is 2.74. The van der Waals surface area contributed by atoms with Crippen molar-refractivity contribution < 1.29 is 9.84 Å². The molecule has 0 radical (unpaired) electrons. The van der Waals surface area contributed by atoms with Crippen LogP contribution in [0.15, 0.2) is 24.3 Å². The molecule has 0 bridgehead atoms. The average Bonchev–Trinajstić information content (AvgIpc) is 2.26. The number of aliphatic hydroxyl groups excluding tert-OH is 1. The Hall–Kier alpha value is -1.02. The first-order chi connectivity index (χ1) is 6.81. The summed E-state index contributed by atoms with van der Waals surface area (Å²) in [5, 5.41) is 9.21. The fourth-order valence-corrected chi connectivity index (χ4v) is 1.59. The van der Waals surface area contributed by atoms with Crippen molar-refractivity contribution >= 4 is 0 Å². The van der Waals surface area contributed by atoms with E-state index in [0.717, 1.165) is 18.6 Å². The molecule has 1 aromatic carbocycles. The summed E-state index contributed by atoms with van der Waals surface area (Å²) < 4.78 is 5.08. The van der Waals surface area contributed by atoms with Crippen LogP contribution in [0, 0.1) is 0 Å². The van der Waals surface area contributed by atoms with E-state index in [1.807, 2.05) is 24.3 Å². The van der Waals surface area contributed by atoms with Crippen molar-refractivity contribution in [3.05, 3.63) is 29.8 Å². The predicted octanol–water partition coefficient (Wildman–Crippen LogP) is 2.57. The van der Waals surface area contributed by atoms with Crippen LogP contribution in [-0.2, 0) is 0 Å². The molecule has 0 aliphatic heterocycles. The zero-order valence-corrected chi connectivity index (χ0v) is 8.86. The summed E-state index contributed by atoms with van der Waals surface area (Å²) in [6.45, 7) is 2.35. The minimum Gasteiger partial charge on any atom is -0.497 e. The van der Waals surface area contributed by atoms with Gasteiger partial charge in [-0.25, -0.2) is 0 Å². The van der Waals surface area contributed by atoms with Crippen molar-refractivity contribution in [1.29, 1.82) is 0 Å². The summed E-state index contributed by atoms with van der Waals surface area (Å²) in [7, 11) is 1.66. The molecule has 14 heavy (non-hydrogen) atoms. The van der Waals surface area contributed by atoms with Gasteiger partial charge in [-0.05, 0) is 24.1 Å². The molecule has 1 unspecified atom stereocenters. The molecule has 1 aromatic rings. The van der Waals surface area contributed by atoms with Gasteiger partial charge in [0.15, 0.2) is 0 Å². The van der Waals surface area contributed by atoms with Crippen molar-refractivity contribution in [2.45, 2.75) is 25.7 Å². The van der Waals surface area contributed by atoms with Crippen molar-refractivity contribution in [3.63, 3.8) is 0 Å². The van der Waals surface area contributed by atoms with Gasteiger partial charge in [-0.3, -0.25) is 0 Å². The van der Waals surface area contributed by atoms with Crippen LogP contribution >= 0.6 is 0 Å². The quantitative estimate of drug-likeness (QED) is 0.780. The third-order valence-electron chi connectivity index (χ3n) is 2.44. The second kappa shape index (κ2) is 5.66. The Balaban J connectivity index is 2.73. The van der Waals surface area contributed by atoms with E-state index in [-0.39, 0.29) is 12.5 Å². The van der Waals surface area contributed by atoms with Crippen LogP contribution in [0.1, 0.15) is 31.2 Å². The summed E-state index contributed by atoms with van der Waals surface area (Å²) in [4.78, 5) is 0. The van der Waals surface area contributed by atoms with Gasteiger partial charge in [-0.2, -0.15) is 0 Å². The van der Waals surface area contributed by atoms with Gasteiger partial charge in [-0.15, -0.1) is 0 Å². The fourth-order valence-electron chi connectivity index (χ4n) is 1.59. The molecule has 1 rings (SSSR count). The van der Waals surface area contributed by atoms with Gasteiger partial charge in [-0.1, -0.05) is 25.5 Å². The minimum atomic E-state index is 0.222. The molecule has 0 amide bonds. The maximum absolute atomic E-state index is 9.21. The van der Waals surface area contributed by atoms with Gasteiger partial charge in [0.1, 0.15) is 5.75 Å². The summed E-state index contributed by atoms with van der Waals surface area (Å²) in [6.07, 6.45) is 2.13. The van der Waals surface area contributed by atoms with Gasteiger partial charge in [0.2, 0.25) is 0 Å². The number of methoxy groups -OCH3 is 1. The number of hydrogen-bond acceptors (Lipinski definition) is 2. The van der Waals surface area contributed by atoms with Crippen molar-refractivity contribution in [2.75, 3.05) is 13.7 Å². The van der Waals surface area contributed by atoms with Crippen LogP contribution in [-0.4, -0.2) is 18.8 Å². The van der Waals surface area contributed by atoms with E-state index in [1.165, 1.54) is 5.56 Å². The molecular formula is C12H18O2. The average molecular weight is 194 g/mol. The summed E-state index contributed by atoms with van der Waals surface area (Å²) >= 11 is 0. The SMILES string of the molecule is CCCC(CO)c1ccc(OC)cc1. The molecule has 0 aliphatic rings. The van der Waals surface area contributed by atoms with Crippen molar-refractivity contribution in [2.24, 2.45) is 0 Å². The maximum Gasteiger partial charge on any atom is 0.118 e. The third-order valence-corrected chi connectivity index (χ3v) is 2.44. The molecule has 2 nitrogen and oxygen atoms in total. The van der Waals surface area contributed by atoms with Crippen LogP contribution in [0.4, 0.5) is 0 Å². The minimum absolute atomic E-state index is 0.222. The Kier molecular flexibility index (Phi) is 4.47. The zero-order valence-electron chi connectivity index (χ0n) is 8.86. The normalized spacial score (nSPS) is 12.5. The second-order valence-electron chi connectivity index (χ2n) is 3.44. The Morgan fingerprint density at radius 3 is 2.36 bits per heavy atom. The summed E-state index contributed by atoms with van der Waals surface area (Å²) in [5.74, 6) is 1.13. The van der Waals surface area contributed by atoms with Gasteiger partial charge in [0.05, 0.1) is 7.11 Å². The first kappa shape index (κ1) is 11.1. The van der Waals surface area contributed by atoms with Gasteiger partial charge in [0, 0.05) is 12.5 Å². The highest BCUT2D eigenvalue weighted by Gasteiger charge is 2.08. The van der Waals surface area contributed by atoms with E-state index in [1.54, 1.807) is 7.11 Å². The van der Waals surface area contributed by atoms with Gasteiger partial charge < -0.3 is 9.84 Å². The fraction of sp³-hybridized carbons (Fsp3) is 0.500. The monoisotopic (exact) mass is 194 g/mol. The van der Waals surface area contributed by atoms with Gasteiger partial charge in [0.25, 0.3) is 0 Å². The smallest absolute Gasteiger partial charge is 0.118 e. The van der Waals surface area contributed by atoms with Crippen LogP contribution < -0.4 is 4.74 Å². The lowest BCUT2D eigenvalue weighted by atomic mass is 9.95. The highest BCUT2D eigenvalue weighted by atomic mass is 16.5. The molecule has 1 atom stereocenters. The lowest BCUT2D eigenvalue weighted by Gasteiger charge is -2.13. The molecule has 0 aromatic heterocycles. The number of ether oxygens (including phenoxy) is 1. The Bertz CT molecular complexity index is 254. The van der Waals surface area contributed by atoms with E-state index in [4.69, 9.17) is 4.74 Å². The second-order valence-corrected chi connectivity index (χ2v) is 3.44. The van der Waals surface area contributed by atoms with E-state index in [0.29, 0.717) is 0 Å². The molecule has 0 spiro atoms. The van der Waals surface area contributed by atoms with Crippen LogP contribution in [0.5, 0.6) is 5.75 Å².